The predicted octanol–water partition coefficient (Wildman–Crippen LogP) is 3.74. The first-order valence-electron chi connectivity index (χ1n) is 8.98. The van der Waals surface area contributed by atoms with E-state index in [1.54, 1.807) is 27.8 Å². The largest absolute Gasteiger partial charge is 0.420 e. The Hall–Kier alpha value is -2.60. The minimum absolute atomic E-state index is 0.00775. The lowest BCUT2D eigenvalue weighted by Crippen LogP contribution is -2.40. The maximum Gasteiger partial charge on any atom is 0.420 e. The van der Waals surface area contributed by atoms with E-state index in [2.05, 4.69) is 4.98 Å². The molecular weight excluding hydrogens is 366 g/mol. The molecule has 140 valence electrons. The number of carbonyl (C=O) groups is 1. The fourth-order valence-corrected chi connectivity index (χ4v) is 4.07. The van der Waals surface area contributed by atoms with Crippen LogP contribution in [0.5, 0.6) is 0 Å². The Kier molecular flexibility index (Phi) is 4.52. The van der Waals surface area contributed by atoms with Crippen LogP contribution in [0.1, 0.15) is 40.4 Å². The first kappa shape index (κ1) is 17.8. The normalized spacial score (nSPS) is 15.4. The molecule has 0 N–H and O–H groups in total. The number of aromatic nitrogens is 2. The molecule has 27 heavy (non-hydrogen) atoms. The molecule has 6 nitrogen and oxygen atoms in total. The van der Waals surface area contributed by atoms with Gasteiger partial charge in [-0.05, 0) is 56.0 Å². The Morgan fingerprint density at radius 3 is 2.70 bits per heavy atom. The summed E-state index contributed by atoms with van der Waals surface area (Å²) in [6, 6.07) is 7.39. The summed E-state index contributed by atoms with van der Waals surface area (Å²) in [7, 11) is 0. The summed E-state index contributed by atoms with van der Waals surface area (Å²) in [5.74, 6) is -0.457. The molecule has 0 spiro atoms. The number of fused-ring (bicyclic) bond motifs is 1. The van der Waals surface area contributed by atoms with Crippen molar-refractivity contribution in [1.29, 1.82) is 0 Å². The zero-order valence-corrected chi connectivity index (χ0v) is 16.0. The zero-order valence-electron chi connectivity index (χ0n) is 15.2. The number of halogens is 1. The number of benzene rings is 1. The number of rotatable bonds is 2. The number of carbonyl (C=O) groups excluding carboxylic acids is 1. The summed E-state index contributed by atoms with van der Waals surface area (Å²) >= 11 is 6.05. The average molecular weight is 386 g/mol. The van der Waals surface area contributed by atoms with Crippen molar-refractivity contribution >= 4 is 28.6 Å². The highest BCUT2D eigenvalue weighted by molar-refractivity contribution is 6.32. The molecule has 0 aliphatic carbocycles. The van der Waals surface area contributed by atoms with Crippen LogP contribution in [0.4, 0.5) is 0 Å². The van der Waals surface area contributed by atoms with E-state index >= 15 is 0 Å². The molecule has 2 aromatic heterocycles. The molecule has 1 aliphatic rings. The Labute approximate surface area is 161 Å². The van der Waals surface area contributed by atoms with Crippen LogP contribution in [-0.4, -0.2) is 33.4 Å². The standard InChI is InChI=1S/C20H20ClN3O3/c1-12-10-13(2)17-16(11-12)24(20(26)27-17)14-5-8-23(9-6-14)19(25)15-4-3-7-22-18(15)21/h3-4,7,10-11,14H,5-6,8-9H2,1-2H3. The molecule has 1 aromatic carbocycles. The van der Waals surface area contributed by atoms with E-state index in [-0.39, 0.29) is 22.9 Å². The molecule has 1 saturated heterocycles. The van der Waals surface area contributed by atoms with Gasteiger partial charge in [0.15, 0.2) is 5.58 Å². The van der Waals surface area contributed by atoms with Gasteiger partial charge in [0.05, 0.1) is 11.1 Å². The van der Waals surface area contributed by atoms with Crippen LogP contribution in [-0.2, 0) is 0 Å². The highest BCUT2D eigenvalue weighted by Gasteiger charge is 2.28. The smallest absolute Gasteiger partial charge is 0.407 e. The number of amides is 1. The van der Waals surface area contributed by atoms with E-state index in [1.807, 2.05) is 26.0 Å². The van der Waals surface area contributed by atoms with Crippen LogP contribution in [0, 0.1) is 13.8 Å². The Balaban J connectivity index is 1.58. The number of piperidine rings is 1. The summed E-state index contributed by atoms with van der Waals surface area (Å²) in [6.07, 6.45) is 2.93. The number of hydrogen-bond donors (Lipinski definition) is 0. The third kappa shape index (κ3) is 3.14. The number of aryl methyl sites for hydroxylation is 2. The van der Waals surface area contributed by atoms with E-state index in [1.165, 1.54) is 0 Å². The summed E-state index contributed by atoms with van der Waals surface area (Å²) in [4.78, 5) is 30.9. The fourth-order valence-electron chi connectivity index (χ4n) is 3.87. The van der Waals surface area contributed by atoms with E-state index in [0.717, 1.165) is 16.6 Å². The van der Waals surface area contributed by atoms with Crippen molar-refractivity contribution in [3.63, 3.8) is 0 Å². The topological polar surface area (TPSA) is 68.3 Å². The minimum atomic E-state index is -0.334. The number of hydrogen-bond acceptors (Lipinski definition) is 4. The highest BCUT2D eigenvalue weighted by atomic mass is 35.5. The molecule has 1 amide bonds. The van der Waals surface area contributed by atoms with Gasteiger partial charge in [0.1, 0.15) is 5.15 Å². The molecule has 4 rings (SSSR count). The molecule has 7 heteroatoms. The van der Waals surface area contributed by atoms with Gasteiger partial charge in [-0.3, -0.25) is 9.36 Å². The summed E-state index contributed by atoms with van der Waals surface area (Å²) in [5, 5.41) is 0.215. The summed E-state index contributed by atoms with van der Waals surface area (Å²) < 4.78 is 7.24. The first-order valence-corrected chi connectivity index (χ1v) is 9.35. The molecular formula is C20H20ClN3O3. The van der Waals surface area contributed by atoms with Crippen LogP contribution in [0.3, 0.4) is 0 Å². The third-order valence-corrected chi connectivity index (χ3v) is 5.45. The third-order valence-electron chi connectivity index (χ3n) is 5.15. The van der Waals surface area contributed by atoms with E-state index in [0.29, 0.717) is 37.1 Å². The molecule has 0 bridgehead atoms. The first-order chi connectivity index (χ1) is 13.0. The van der Waals surface area contributed by atoms with Crippen molar-refractivity contribution in [3.8, 4) is 0 Å². The molecule has 1 fully saturated rings. The number of oxazole rings is 1. The average Bonchev–Trinajstić information content (AvgIpc) is 2.98. The molecule has 0 unspecified atom stereocenters. The van der Waals surface area contributed by atoms with Crippen LogP contribution < -0.4 is 5.76 Å². The van der Waals surface area contributed by atoms with Crippen molar-refractivity contribution in [2.75, 3.05) is 13.1 Å². The second-order valence-corrected chi connectivity index (χ2v) is 7.39. The maximum absolute atomic E-state index is 12.7. The van der Waals surface area contributed by atoms with Crippen LogP contribution >= 0.6 is 11.6 Å². The Morgan fingerprint density at radius 2 is 2.00 bits per heavy atom. The lowest BCUT2D eigenvalue weighted by molar-refractivity contribution is 0.0693. The highest BCUT2D eigenvalue weighted by Crippen LogP contribution is 2.28. The summed E-state index contributed by atoms with van der Waals surface area (Å²) in [6.45, 7) is 5.06. The van der Waals surface area contributed by atoms with Crippen molar-refractivity contribution in [3.05, 3.63) is 62.9 Å². The maximum atomic E-state index is 12.7. The van der Waals surface area contributed by atoms with Crippen molar-refractivity contribution < 1.29 is 9.21 Å². The zero-order chi connectivity index (χ0) is 19.1. The molecule has 0 radical (unpaired) electrons. The molecule has 3 heterocycles. The van der Waals surface area contributed by atoms with Crippen molar-refractivity contribution in [2.45, 2.75) is 32.7 Å². The van der Waals surface area contributed by atoms with Crippen LogP contribution in [0.2, 0.25) is 5.15 Å². The second-order valence-electron chi connectivity index (χ2n) is 7.03. The van der Waals surface area contributed by atoms with Crippen LogP contribution in [0.15, 0.2) is 39.7 Å². The van der Waals surface area contributed by atoms with Gasteiger partial charge in [0.25, 0.3) is 5.91 Å². The number of pyridine rings is 1. The number of nitrogens with zero attached hydrogens (tertiary/aromatic N) is 3. The minimum Gasteiger partial charge on any atom is -0.407 e. The monoisotopic (exact) mass is 385 g/mol. The van der Waals surface area contributed by atoms with E-state index in [9.17, 15) is 9.59 Å². The lowest BCUT2D eigenvalue weighted by Gasteiger charge is -2.32. The Bertz CT molecular complexity index is 1080. The molecule has 0 atom stereocenters. The SMILES string of the molecule is Cc1cc(C)c2oc(=O)n(C3CCN(C(=O)c4cccnc4Cl)CC3)c2c1. The quantitative estimate of drug-likeness (QED) is 0.630. The molecule has 3 aromatic rings. The van der Waals surface area contributed by atoms with E-state index < -0.39 is 0 Å². The second kappa shape index (κ2) is 6.85. The van der Waals surface area contributed by atoms with Gasteiger partial charge in [0.2, 0.25) is 0 Å². The van der Waals surface area contributed by atoms with Gasteiger partial charge in [0, 0.05) is 25.3 Å². The summed E-state index contributed by atoms with van der Waals surface area (Å²) in [5.41, 5.74) is 3.94. The van der Waals surface area contributed by atoms with E-state index in [4.69, 9.17) is 16.0 Å². The van der Waals surface area contributed by atoms with Gasteiger partial charge in [-0.2, -0.15) is 0 Å². The van der Waals surface area contributed by atoms with Crippen molar-refractivity contribution in [1.82, 2.24) is 14.5 Å². The van der Waals surface area contributed by atoms with Crippen molar-refractivity contribution in [2.24, 2.45) is 0 Å². The number of likely N-dealkylation sites (tertiary alicyclic amines) is 1. The van der Waals surface area contributed by atoms with Gasteiger partial charge < -0.3 is 9.32 Å². The van der Waals surface area contributed by atoms with Gasteiger partial charge in [-0.25, -0.2) is 9.78 Å². The fraction of sp³-hybridized carbons (Fsp3) is 0.350. The lowest BCUT2D eigenvalue weighted by atomic mass is 10.0. The molecule has 0 saturated carbocycles. The molecule has 1 aliphatic heterocycles. The van der Waals surface area contributed by atoms with Gasteiger partial charge in [-0.15, -0.1) is 0 Å². The Morgan fingerprint density at radius 1 is 1.26 bits per heavy atom. The van der Waals surface area contributed by atoms with Gasteiger partial charge in [-0.1, -0.05) is 17.7 Å². The van der Waals surface area contributed by atoms with Crippen LogP contribution in [0.25, 0.3) is 11.1 Å². The van der Waals surface area contributed by atoms with Gasteiger partial charge >= 0.3 is 5.76 Å². The predicted molar refractivity (Wildman–Crippen MR) is 103 cm³/mol.